The first-order valence-electron chi connectivity index (χ1n) is 7.63. The maximum Gasteiger partial charge on any atom is 0.306 e. The fraction of sp³-hybridized carbons (Fsp3) is 0.875. The van der Waals surface area contributed by atoms with Gasteiger partial charge in [-0.2, -0.15) is 0 Å². The van der Waals surface area contributed by atoms with E-state index in [-0.39, 0.29) is 16.8 Å². The van der Waals surface area contributed by atoms with Crippen molar-refractivity contribution in [2.24, 2.45) is 10.8 Å². The average Bonchev–Trinajstić information content (AvgIpc) is 2.46. The zero-order chi connectivity index (χ0) is 15.6. The number of rotatable bonds is 4. The second-order valence-corrected chi connectivity index (χ2v) is 7.28. The molecule has 0 aromatic carbocycles. The predicted octanol–water partition coefficient (Wildman–Crippen LogP) is 2.47. The van der Waals surface area contributed by atoms with E-state index in [0.29, 0.717) is 26.1 Å². The Morgan fingerprint density at radius 2 is 1.71 bits per heavy atom. The molecule has 0 bridgehead atoms. The van der Waals surface area contributed by atoms with Crippen LogP contribution in [0.3, 0.4) is 0 Å². The standard InChI is InChI=1S/C16H26O5/c1-14(2)11-20-16(21-12-14)6-4-15(5-7-16,8-9-17)10-13(18)19-3/h9H,4-8,10-12H2,1-3H3. The van der Waals surface area contributed by atoms with Crippen molar-refractivity contribution < 1.29 is 23.8 Å². The number of aldehydes is 1. The van der Waals surface area contributed by atoms with E-state index in [1.54, 1.807) is 0 Å². The van der Waals surface area contributed by atoms with Crippen molar-refractivity contribution in [1.82, 2.24) is 0 Å². The largest absolute Gasteiger partial charge is 0.469 e. The Bertz CT molecular complexity index is 381. The van der Waals surface area contributed by atoms with Crippen LogP contribution in [-0.4, -0.2) is 38.4 Å². The summed E-state index contributed by atoms with van der Waals surface area (Å²) in [6.07, 6.45) is 4.56. The van der Waals surface area contributed by atoms with Gasteiger partial charge in [0.1, 0.15) is 6.29 Å². The zero-order valence-corrected chi connectivity index (χ0v) is 13.3. The molecular formula is C16H26O5. The normalized spacial score (nSPS) is 26.2. The van der Waals surface area contributed by atoms with E-state index in [1.165, 1.54) is 7.11 Å². The molecule has 2 fully saturated rings. The number of hydrogen-bond acceptors (Lipinski definition) is 5. The molecule has 120 valence electrons. The van der Waals surface area contributed by atoms with Gasteiger partial charge in [0.15, 0.2) is 5.79 Å². The van der Waals surface area contributed by atoms with Gasteiger partial charge in [-0.3, -0.25) is 4.79 Å². The molecule has 1 heterocycles. The Kier molecular flexibility index (Phi) is 4.73. The third-order valence-electron chi connectivity index (χ3n) is 4.79. The lowest BCUT2D eigenvalue weighted by Gasteiger charge is -2.49. The van der Waals surface area contributed by atoms with Crippen molar-refractivity contribution in [2.75, 3.05) is 20.3 Å². The van der Waals surface area contributed by atoms with E-state index < -0.39 is 5.79 Å². The highest BCUT2D eigenvalue weighted by atomic mass is 16.7. The van der Waals surface area contributed by atoms with E-state index >= 15 is 0 Å². The zero-order valence-electron chi connectivity index (χ0n) is 13.3. The van der Waals surface area contributed by atoms with E-state index in [1.807, 2.05) is 0 Å². The molecule has 1 saturated heterocycles. The highest BCUT2D eigenvalue weighted by Crippen LogP contribution is 2.49. The fourth-order valence-electron chi connectivity index (χ4n) is 3.20. The van der Waals surface area contributed by atoms with Gasteiger partial charge < -0.3 is 19.0 Å². The molecule has 1 aliphatic carbocycles. The molecule has 1 aliphatic heterocycles. The summed E-state index contributed by atoms with van der Waals surface area (Å²) in [5.74, 6) is -0.766. The van der Waals surface area contributed by atoms with Gasteiger partial charge in [0.05, 0.1) is 26.7 Å². The molecule has 2 rings (SSSR count). The Balaban J connectivity index is 1.99. The number of ether oxygens (including phenoxy) is 3. The number of carbonyl (C=O) groups excluding carboxylic acids is 2. The minimum Gasteiger partial charge on any atom is -0.469 e. The van der Waals surface area contributed by atoms with Crippen LogP contribution < -0.4 is 0 Å². The minimum absolute atomic E-state index is 0.0502. The molecule has 2 aliphatic rings. The minimum atomic E-state index is -0.516. The van der Waals surface area contributed by atoms with Crippen LogP contribution in [-0.2, 0) is 23.8 Å². The van der Waals surface area contributed by atoms with Gasteiger partial charge in [-0.25, -0.2) is 0 Å². The molecule has 1 saturated carbocycles. The predicted molar refractivity (Wildman–Crippen MR) is 76.6 cm³/mol. The van der Waals surface area contributed by atoms with E-state index in [0.717, 1.165) is 32.0 Å². The van der Waals surface area contributed by atoms with Gasteiger partial charge >= 0.3 is 5.97 Å². The van der Waals surface area contributed by atoms with Gasteiger partial charge in [0, 0.05) is 24.7 Å². The Labute approximate surface area is 126 Å². The first-order valence-corrected chi connectivity index (χ1v) is 7.63. The SMILES string of the molecule is COC(=O)CC1(CC=O)CCC2(CC1)OCC(C)(C)CO2. The first kappa shape index (κ1) is 16.4. The van der Waals surface area contributed by atoms with Crippen LogP contribution in [0.4, 0.5) is 0 Å². The number of hydrogen-bond donors (Lipinski definition) is 0. The third-order valence-corrected chi connectivity index (χ3v) is 4.79. The van der Waals surface area contributed by atoms with Crippen LogP contribution in [0.25, 0.3) is 0 Å². The van der Waals surface area contributed by atoms with Gasteiger partial charge in [-0.05, 0) is 18.3 Å². The van der Waals surface area contributed by atoms with Crippen LogP contribution in [0.2, 0.25) is 0 Å². The molecule has 1 spiro atoms. The molecule has 0 unspecified atom stereocenters. The Hall–Kier alpha value is -0.940. The molecule has 5 heteroatoms. The van der Waals surface area contributed by atoms with Crippen LogP contribution in [0, 0.1) is 10.8 Å². The Morgan fingerprint density at radius 3 is 2.19 bits per heavy atom. The molecule has 0 radical (unpaired) electrons. The maximum absolute atomic E-state index is 11.6. The van der Waals surface area contributed by atoms with Crippen molar-refractivity contribution in [3.63, 3.8) is 0 Å². The van der Waals surface area contributed by atoms with Gasteiger partial charge in [-0.1, -0.05) is 13.8 Å². The van der Waals surface area contributed by atoms with Gasteiger partial charge in [0.25, 0.3) is 0 Å². The van der Waals surface area contributed by atoms with Crippen LogP contribution in [0.1, 0.15) is 52.4 Å². The van der Waals surface area contributed by atoms with Crippen molar-refractivity contribution >= 4 is 12.3 Å². The van der Waals surface area contributed by atoms with Crippen LogP contribution in [0.5, 0.6) is 0 Å². The number of methoxy groups -OCH3 is 1. The summed E-state index contributed by atoms with van der Waals surface area (Å²) in [5, 5.41) is 0. The summed E-state index contributed by atoms with van der Waals surface area (Å²) < 4.78 is 16.8. The highest BCUT2D eigenvalue weighted by molar-refractivity contribution is 5.71. The monoisotopic (exact) mass is 298 g/mol. The number of carbonyl (C=O) groups is 2. The van der Waals surface area contributed by atoms with Gasteiger partial charge in [-0.15, -0.1) is 0 Å². The number of esters is 1. The van der Waals surface area contributed by atoms with E-state index in [4.69, 9.17) is 14.2 Å². The van der Waals surface area contributed by atoms with Crippen LogP contribution in [0.15, 0.2) is 0 Å². The molecule has 21 heavy (non-hydrogen) atoms. The summed E-state index contributed by atoms with van der Waals surface area (Å²) in [6.45, 7) is 5.61. The quantitative estimate of drug-likeness (QED) is 0.589. The third kappa shape index (κ3) is 3.83. The van der Waals surface area contributed by atoms with Crippen molar-refractivity contribution in [1.29, 1.82) is 0 Å². The average molecular weight is 298 g/mol. The van der Waals surface area contributed by atoms with Crippen molar-refractivity contribution in [3.05, 3.63) is 0 Å². The summed E-state index contributed by atoms with van der Waals surface area (Å²) in [5.41, 5.74) is -0.242. The summed E-state index contributed by atoms with van der Waals surface area (Å²) in [4.78, 5) is 22.6. The second-order valence-electron chi connectivity index (χ2n) is 7.28. The molecule has 0 aromatic rings. The lowest BCUT2D eigenvalue weighted by atomic mass is 9.68. The summed E-state index contributed by atoms with van der Waals surface area (Å²) in [7, 11) is 1.39. The fourth-order valence-corrected chi connectivity index (χ4v) is 3.20. The molecular weight excluding hydrogens is 272 g/mol. The van der Waals surface area contributed by atoms with Gasteiger partial charge in [0.2, 0.25) is 0 Å². The summed E-state index contributed by atoms with van der Waals surface area (Å²) in [6, 6.07) is 0. The van der Waals surface area contributed by atoms with E-state index in [2.05, 4.69) is 13.8 Å². The van der Waals surface area contributed by atoms with Crippen molar-refractivity contribution in [2.45, 2.75) is 58.2 Å². The Morgan fingerprint density at radius 1 is 1.14 bits per heavy atom. The van der Waals surface area contributed by atoms with Crippen LogP contribution >= 0.6 is 0 Å². The molecule has 0 atom stereocenters. The molecule has 0 aromatic heterocycles. The first-order chi connectivity index (χ1) is 9.84. The highest BCUT2D eigenvalue weighted by Gasteiger charge is 2.48. The van der Waals surface area contributed by atoms with E-state index in [9.17, 15) is 9.59 Å². The smallest absolute Gasteiger partial charge is 0.306 e. The molecule has 5 nitrogen and oxygen atoms in total. The maximum atomic E-state index is 11.6. The van der Waals surface area contributed by atoms with Crippen molar-refractivity contribution in [3.8, 4) is 0 Å². The molecule has 0 amide bonds. The topological polar surface area (TPSA) is 61.8 Å². The lowest BCUT2D eigenvalue weighted by molar-refractivity contribution is -0.316. The lowest BCUT2D eigenvalue weighted by Crippen LogP contribution is -2.51. The second kappa shape index (κ2) is 6.05. The summed E-state index contributed by atoms with van der Waals surface area (Å²) >= 11 is 0. The molecule has 0 N–H and O–H groups in total.